The molecular weight excluding hydrogens is 452 g/mol. The Kier molecular flexibility index (Phi) is 6.84. The number of carbonyl (C=O) groups is 1. The molecule has 0 spiro atoms. The molecule has 0 unspecified atom stereocenters. The zero-order valence-corrected chi connectivity index (χ0v) is 19.4. The lowest BCUT2D eigenvalue weighted by molar-refractivity contribution is -0.384. The molecule has 0 aliphatic carbocycles. The van der Waals surface area contributed by atoms with Gasteiger partial charge in [0.2, 0.25) is 0 Å². The molecule has 1 aromatic heterocycles. The van der Waals surface area contributed by atoms with Gasteiger partial charge in [-0.3, -0.25) is 14.9 Å². The van der Waals surface area contributed by atoms with Crippen molar-refractivity contribution in [1.29, 1.82) is 0 Å². The van der Waals surface area contributed by atoms with E-state index in [0.29, 0.717) is 33.6 Å². The third-order valence-electron chi connectivity index (χ3n) is 4.88. The highest BCUT2D eigenvalue weighted by molar-refractivity contribution is 7.18. The fraction of sp³-hybridized carbons (Fsp3) is 0.120. The fourth-order valence-corrected chi connectivity index (χ4v) is 4.20. The number of non-ortho nitro benzene ring substituents is 1. The van der Waals surface area contributed by atoms with Gasteiger partial charge in [-0.15, -0.1) is 0 Å². The smallest absolute Gasteiger partial charge is 0.269 e. The number of aromatic nitrogens is 1. The Hall–Kier alpha value is -4.24. The molecule has 0 radical (unpaired) electrons. The first-order chi connectivity index (χ1) is 16.4. The minimum Gasteiger partial charge on any atom is -0.494 e. The van der Waals surface area contributed by atoms with E-state index in [9.17, 15) is 14.9 Å². The van der Waals surface area contributed by atoms with E-state index in [1.54, 1.807) is 12.1 Å². The third-order valence-corrected chi connectivity index (χ3v) is 5.85. The summed E-state index contributed by atoms with van der Waals surface area (Å²) in [6.07, 6.45) is 0. The van der Waals surface area contributed by atoms with Crippen molar-refractivity contribution in [3.05, 3.63) is 93.4 Å². The third kappa shape index (κ3) is 5.38. The molecule has 34 heavy (non-hydrogen) atoms. The van der Waals surface area contributed by atoms with Crippen LogP contribution in [0.1, 0.15) is 22.2 Å². The van der Waals surface area contributed by atoms with E-state index in [1.807, 2.05) is 62.4 Å². The highest BCUT2D eigenvalue weighted by Crippen LogP contribution is 2.34. The Balaban J connectivity index is 1.66. The molecule has 0 saturated carbocycles. The van der Waals surface area contributed by atoms with Gasteiger partial charge < -0.3 is 15.4 Å². The van der Waals surface area contributed by atoms with Crippen molar-refractivity contribution in [1.82, 2.24) is 4.98 Å². The molecule has 9 heteroatoms. The van der Waals surface area contributed by atoms with Crippen LogP contribution < -0.4 is 15.4 Å². The summed E-state index contributed by atoms with van der Waals surface area (Å²) in [5.41, 5.74) is 3.51. The molecule has 4 rings (SSSR count). The van der Waals surface area contributed by atoms with Crippen LogP contribution in [0.5, 0.6) is 5.75 Å². The Bertz CT molecular complexity index is 1320. The molecule has 0 bridgehead atoms. The van der Waals surface area contributed by atoms with E-state index in [0.717, 1.165) is 17.0 Å². The predicted octanol–water partition coefficient (Wildman–Crippen LogP) is 6.42. The molecule has 0 aliphatic rings. The Morgan fingerprint density at radius 3 is 2.44 bits per heavy atom. The predicted molar refractivity (Wildman–Crippen MR) is 134 cm³/mol. The van der Waals surface area contributed by atoms with Gasteiger partial charge in [-0.05, 0) is 67.9 Å². The van der Waals surface area contributed by atoms with Crippen LogP contribution in [-0.4, -0.2) is 22.4 Å². The van der Waals surface area contributed by atoms with E-state index in [2.05, 4.69) is 15.6 Å². The monoisotopic (exact) mass is 474 g/mol. The van der Waals surface area contributed by atoms with Crippen molar-refractivity contribution in [2.45, 2.75) is 13.8 Å². The summed E-state index contributed by atoms with van der Waals surface area (Å²) in [6.45, 7) is 4.45. The topological polar surface area (TPSA) is 106 Å². The number of hydrogen-bond donors (Lipinski definition) is 2. The Labute approximate surface area is 200 Å². The Morgan fingerprint density at radius 1 is 1.06 bits per heavy atom. The molecule has 172 valence electrons. The maximum absolute atomic E-state index is 13.2. The highest BCUT2D eigenvalue weighted by atomic mass is 32.1. The second-order valence-corrected chi connectivity index (χ2v) is 8.41. The number of nitro benzene ring substituents is 1. The minimum absolute atomic E-state index is 0.0301. The molecule has 0 aliphatic heterocycles. The van der Waals surface area contributed by atoms with Crippen molar-refractivity contribution in [3.63, 3.8) is 0 Å². The van der Waals surface area contributed by atoms with Crippen molar-refractivity contribution in [2.24, 2.45) is 0 Å². The second kappa shape index (κ2) is 10.1. The average Bonchev–Trinajstić information content (AvgIpc) is 3.24. The molecule has 3 aromatic carbocycles. The number of nitrogens with one attached hydrogen (secondary N) is 2. The minimum atomic E-state index is -0.463. The van der Waals surface area contributed by atoms with Gasteiger partial charge in [0.05, 0.1) is 17.2 Å². The molecule has 0 fully saturated rings. The van der Waals surface area contributed by atoms with Crippen LogP contribution in [0.4, 0.5) is 22.2 Å². The lowest BCUT2D eigenvalue weighted by Gasteiger charge is -2.06. The van der Waals surface area contributed by atoms with Gasteiger partial charge >= 0.3 is 0 Å². The number of rotatable bonds is 8. The number of amides is 1. The van der Waals surface area contributed by atoms with Gasteiger partial charge in [-0.2, -0.15) is 0 Å². The summed E-state index contributed by atoms with van der Waals surface area (Å²) in [6, 6.07) is 20.9. The maximum atomic E-state index is 13.2. The Morgan fingerprint density at radius 2 is 1.79 bits per heavy atom. The largest absolute Gasteiger partial charge is 0.494 e. The first kappa shape index (κ1) is 22.9. The van der Waals surface area contributed by atoms with Crippen molar-refractivity contribution < 1.29 is 14.5 Å². The lowest BCUT2D eigenvalue weighted by atomic mass is 10.1. The van der Waals surface area contributed by atoms with Gasteiger partial charge in [0.1, 0.15) is 10.6 Å². The van der Waals surface area contributed by atoms with Crippen LogP contribution in [-0.2, 0) is 0 Å². The van der Waals surface area contributed by atoms with Crippen LogP contribution in [0.15, 0.2) is 72.8 Å². The quantitative estimate of drug-likeness (QED) is 0.225. The number of anilines is 3. The number of carbonyl (C=O) groups excluding carboxylic acids is 1. The molecular formula is C25H22N4O4S. The molecule has 1 heterocycles. The summed E-state index contributed by atoms with van der Waals surface area (Å²) in [4.78, 5) is 28.8. The number of nitro groups is 1. The first-order valence-electron chi connectivity index (χ1n) is 10.6. The highest BCUT2D eigenvalue weighted by Gasteiger charge is 2.21. The van der Waals surface area contributed by atoms with Crippen LogP contribution in [0.3, 0.4) is 0 Å². The summed E-state index contributed by atoms with van der Waals surface area (Å²) in [7, 11) is 0. The van der Waals surface area contributed by atoms with E-state index in [1.165, 1.54) is 23.5 Å². The van der Waals surface area contributed by atoms with E-state index >= 15 is 0 Å². The zero-order valence-electron chi connectivity index (χ0n) is 18.6. The molecule has 8 nitrogen and oxygen atoms in total. The maximum Gasteiger partial charge on any atom is 0.269 e. The van der Waals surface area contributed by atoms with Crippen LogP contribution >= 0.6 is 11.3 Å². The SMILES string of the molecule is CCOc1ccc(Nc2nc(-c3ccc([N+](=O)[O-])cc3)c(C(=O)Nc3cccc(C)c3)s2)cc1. The second-order valence-electron chi connectivity index (χ2n) is 7.41. The number of ether oxygens (including phenoxy) is 1. The number of aryl methyl sites for hydroxylation is 1. The first-order valence-corrected chi connectivity index (χ1v) is 11.4. The normalized spacial score (nSPS) is 10.5. The summed E-state index contributed by atoms with van der Waals surface area (Å²) < 4.78 is 5.47. The van der Waals surface area contributed by atoms with Crippen molar-refractivity contribution >= 4 is 39.4 Å². The van der Waals surface area contributed by atoms with Crippen LogP contribution in [0.25, 0.3) is 11.3 Å². The number of nitrogens with zero attached hydrogens (tertiary/aromatic N) is 2. The lowest BCUT2D eigenvalue weighted by Crippen LogP contribution is -2.11. The van der Waals surface area contributed by atoms with Gasteiger partial charge in [0, 0.05) is 29.1 Å². The molecule has 0 saturated heterocycles. The fourth-order valence-electron chi connectivity index (χ4n) is 3.30. The van der Waals surface area contributed by atoms with E-state index in [4.69, 9.17) is 4.74 Å². The van der Waals surface area contributed by atoms with Crippen LogP contribution in [0, 0.1) is 17.0 Å². The number of thiazole rings is 1. The molecule has 1 amide bonds. The average molecular weight is 475 g/mol. The van der Waals surface area contributed by atoms with Gasteiger partial charge in [-0.1, -0.05) is 23.5 Å². The summed E-state index contributed by atoms with van der Waals surface area (Å²) in [5.74, 6) is 0.452. The van der Waals surface area contributed by atoms with E-state index in [-0.39, 0.29) is 11.6 Å². The van der Waals surface area contributed by atoms with Gasteiger partial charge in [0.25, 0.3) is 11.6 Å². The van der Waals surface area contributed by atoms with Crippen LogP contribution in [0.2, 0.25) is 0 Å². The summed E-state index contributed by atoms with van der Waals surface area (Å²) >= 11 is 1.21. The number of benzene rings is 3. The van der Waals surface area contributed by atoms with Gasteiger partial charge in [0.15, 0.2) is 5.13 Å². The zero-order chi connectivity index (χ0) is 24.1. The molecule has 0 atom stereocenters. The van der Waals surface area contributed by atoms with Gasteiger partial charge in [-0.25, -0.2) is 4.98 Å². The summed E-state index contributed by atoms with van der Waals surface area (Å²) in [5, 5.41) is 17.7. The van der Waals surface area contributed by atoms with E-state index < -0.39 is 4.92 Å². The standard InChI is InChI=1S/C25H22N4O4S/c1-3-33-21-13-9-18(10-14-21)27-25-28-22(17-7-11-20(12-8-17)29(31)32)23(34-25)24(30)26-19-6-4-5-16(2)15-19/h4-15H,3H2,1-2H3,(H,26,30)(H,27,28). The number of hydrogen-bond acceptors (Lipinski definition) is 7. The molecule has 4 aromatic rings. The molecule has 2 N–H and O–H groups in total. The van der Waals surface area contributed by atoms with Crippen molar-refractivity contribution in [2.75, 3.05) is 17.2 Å². The van der Waals surface area contributed by atoms with Crippen molar-refractivity contribution in [3.8, 4) is 17.0 Å².